The standard InChI is InChI=1S/C27H25FN4O3S/c28-15-19-2-1-3-21(14-19)32-22-8-9-23(33)25(22)26(20-6-4-18(16-29)5-7-20)31(27(32)35)17-24(34)30-10-12-36-13-11-30/h1-7,14,26H,8-13,15,17H2. The van der Waals surface area contributed by atoms with Crippen molar-refractivity contribution in [2.45, 2.75) is 25.6 Å². The van der Waals surface area contributed by atoms with Gasteiger partial charge < -0.3 is 9.80 Å². The summed E-state index contributed by atoms with van der Waals surface area (Å²) in [5.74, 6) is 1.43. The molecule has 2 heterocycles. The number of anilines is 1. The quantitative estimate of drug-likeness (QED) is 0.609. The Morgan fingerprint density at radius 3 is 2.53 bits per heavy atom. The van der Waals surface area contributed by atoms with Gasteiger partial charge in [0, 0.05) is 42.3 Å². The Morgan fingerprint density at radius 1 is 1.08 bits per heavy atom. The first-order valence-corrected chi connectivity index (χ1v) is 13.0. The summed E-state index contributed by atoms with van der Waals surface area (Å²) in [7, 11) is 0. The van der Waals surface area contributed by atoms with E-state index in [9.17, 15) is 24.0 Å². The van der Waals surface area contributed by atoms with Crippen LogP contribution < -0.4 is 4.90 Å². The number of halogens is 1. The smallest absolute Gasteiger partial charge is 0.330 e. The third-order valence-electron chi connectivity index (χ3n) is 6.84. The molecule has 1 aliphatic carbocycles. The van der Waals surface area contributed by atoms with Gasteiger partial charge in [-0.2, -0.15) is 17.0 Å². The van der Waals surface area contributed by atoms with Crippen molar-refractivity contribution < 1.29 is 18.8 Å². The fourth-order valence-corrected chi connectivity index (χ4v) is 5.97. The Morgan fingerprint density at radius 2 is 1.83 bits per heavy atom. The molecule has 0 radical (unpaired) electrons. The molecule has 36 heavy (non-hydrogen) atoms. The number of ketones is 1. The normalized spacial score (nSPS) is 20.0. The van der Waals surface area contributed by atoms with Gasteiger partial charge in [0.1, 0.15) is 13.2 Å². The van der Waals surface area contributed by atoms with Crippen LogP contribution >= 0.6 is 11.8 Å². The van der Waals surface area contributed by atoms with Crippen molar-refractivity contribution >= 4 is 35.2 Å². The highest BCUT2D eigenvalue weighted by molar-refractivity contribution is 7.99. The summed E-state index contributed by atoms with van der Waals surface area (Å²) in [6, 6.07) is 14.3. The number of amides is 3. The summed E-state index contributed by atoms with van der Waals surface area (Å²) in [6.45, 7) is 0.367. The SMILES string of the molecule is N#Cc1ccc(C2C3=C(CCC3=O)N(c3cccc(CF)c3)C(=O)N2CC(=O)N2CCSCC2)cc1. The summed E-state index contributed by atoms with van der Waals surface area (Å²) in [4.78, 5) is 45.3. The third-order valence-corrected chi connectivity index (χ3v) is 7.78. The first-order valence-electron chi connectivity index (χ1n) is 11.9. The maximum atomic E-state index is 14.1. The van der Waals surface area contributed by atoms with Gasteiger partial charge in [-0.25, -0.2) is 9.18 Å². The van der Waals surface area contributed by atoms with Crippen LogP contribution in [0.5, 0.6) is 0 Å². The number of carbonyl (C=O) groups is 3. The average Bonchev–Trinajstić information content (AvgIpc) is 3.30. The Labute approximate surface area is 213 Å². The first kappa shape index (κ1) is 24.1. The second-order valence-electron chi connectivity index (χ2n) is 8.96. The van der Waals surface area contributed by atoms with Crippen molar-refractivity contribution in [3.8, 4) is 6.07 Å². The van der Waals surface area contributed by atoms with Gasteiger partial charge in [0.2, 0.25) is 5.91 Å². The van der Waals surface area contributed by atoms with Crippen LogP contribution in [0.3, 0.4) is 0 Å². The van der Waals surface area contributed by atoms with Crippen molar-refractivity contribution in [3.05, 3.63) is 76.5 Å². The number of rotatable bonds is 5. The van der Waals surface area contributed by atoms with Crippen LogP contribution in [0.4, 0.5) is 14.9 Å². The van der Waals surface area contributed by atoms with E-state index < -0.39 is 18.7 Å². The van der Waals surface area contributed by atoms with E-state index in [-0.39, 0.29) is 24.7 Å². The summed E-state index contributed by atoms with van der Waals surface area (Å²) >= 11 is 1.79. The minimum atomic E-state index is -0.737. The van der Waals surface area contributed by atoms with Crippen LogP contribution in [0.1, 0.15) is 35.6 Å². The van der Waals surface area contributed by atoms with E-state index in [0.717, 1.165) is 11.5 Å². The first-order chi connectivity index (χ1) is 17.5. The van der Waals surface area contributed by atoms with E-state index in [1.165, 1.54) is 9.80 Å². The number of hydrogen-bond acceptors (Lipinski definition) is 5. The fourth-order valence-electron chi connectivity index (χ4n) is 5.06. The van der Waals surface area contributed by atoms with Crippen LogP contribution in [0.15, 0.2) is 59.8 Å². The molecule has 5 rings (SSSR count). The lowest BCUT2D eigenvalue weighted by Crippen LogP contribution is -2.54. The Balaban J connectivity index is 1.62. The largest absolute Gasteiger partial charge is 0.340 e. The lowest BCUT2D eigenvalue weighted by molar-refractivity contribution is -0.132. The molecule has 0 N–H and O–H groups in total. The van der Waals surface area contributed by atoms with E-state index in [1.54, 1.807) is 65.2 Å². The molecule has 2 aliphatic heterocycles. The van der Waals surface area contributed by atoms with Gasteiger partial charge in [-0.05, 0) is 41.8 Å². The summed E-state index contributed by atoms with van der Waals surface area (Å²) in [5, 5.41) is 9.23. The highest BCUT2D eigenvalue weighted by atomic mass is 32.2. The van der Waals surface area contributed by atoms with Crippen LogP contribution in [0, 0.1) is 11.3 Å². The number of carbonyl (C=O) groups excluding carboxylic acids is 3. The average molecular weight is 505 g/mol. The molecule has 1 saturated heterocycles. The number of Topliss-reactive ketones (excluding diaryl/α,β-unsaturated/α-hetero) is 1. The zero-order chi connectivity index (χ0) is 25.2. The van der Waals surface area contributed by atoms with Crippen LogP contribution in [-0.4, -0.2) is 58.7 Å². The predicted octanol–water partition coefficient (Wildman–Crippen LogP) is 4.20. The fraction of sp³-hybridized carbons (Fsp3) is 0.333. The predicted molar refractivity (Wildman–Crippen MR) is 135 cm³/mol. The molecule has 2 aromatic rings. The van der Waals surface area contributed by atoms with E-state index in [1.807, 2.05) is 0 Å². The molecular formula is C27H25FN4O3S. The molecule has 0 spiro atoms. The summed E-state index contributed by atoms with van der Waals surface area (Å²) in [6.07, 6.45) is 0.646. The molecule has 184 valence electrons. The van der Waals surface area contributed by atoms with Crippen molar-refractivity contribution in [3.63, 3.8) is 0 Å². The van der Waals surface area contributed by atoms with Gasteiger partial charge in [-0.1, -0.05) is 24.3 Å². The molecule has 0 bridgehead atoms. The van der Waals surface area contributed by atoms with Gasteiger partial charge in [-0.15, -0.1) is 0 Å². The zero-order valence-electron chi connectivity index (χ0n) is 19.7. The number of nitrogens with zero attached hydrogens (tertiary/aromatic N) is 4. The molecule has 1 atom stereocenters. The van der Waals surface area contributed by atoms with Gasteiger partial charge >= 0.3 is 6.03 Å². The number of benzene rings is 2. The molecule has 0 saturated carbocycles. The highest BCUT2D eigenvalue weighted by Crippen LogP contribution is 2.45. The number of urea groups is 1. The van der Waals surface area contributed by atoms with Gasteiger partial charge in [0.05, 0.1) is 23.4 Å². The maximum absolute atomic E-state index is 14.1. The number of hydrogen-bond donors (Lipinski definition) is 0. The Hall–Kier alpha value is -3.64. The van der Waals surface area contributed by atoms with Crippen LogP contribution in [-0.2, 0) is 16.3 Å². The van der Waals surface area contributed by atoms with Crippen molar-refractivity contribution in [2.75, 3.05) is 36.0 Å². The molecule has 0 aromatic heterocycles. The molecule has 3 aliphatic rings. The summed E-state index contributed by atoms with van der Waals surface area (Å²) in [5.41, 5.74) is 3.10. The number of allylic oxidation sites excluding steroid dienone is 1. The summed E-state index contributed by atoms with van der Waals surface area (Å²) < 4.78 is 13.4. The highest BCUT2D eigenvalue weighted by Gasteiger charge is 2.46. The minimum absolute atomic E-state index is 0.0784. The molecule has 2 aromatic carbocycles. The molecule has 1 unspecified atom stereocenters. The van der Waals surface area contributed by atoms with E-state index in [4.69, 9.17) is 0 Å². The maximum Gasteiger partial charge on any atom is 0.330 e. The van der Waals surface area contributed by atoms with Crippen LogP contribution in [0.25, 0.3) is 0 Å². The molecular weight excluding hydrogens is 479 g/mol. The zero-order valence-corrected chi connectivity index (χ0v) is 20.5. The second kappa shape index (κ2) is 10.2. The van der Waals surface area contributed by atoms with E-state index in [2.05, 4.69) is 6.07 Å². The van der Waals surface area contributed by atoms with Gasteiger partial charge in [0.15, 0.2) is 5.78 Å². The Bertz CT molecular complexity index is 1280. The molecule has 7 nitrogen and oxygen atoms in total. The van der Waals surface area contributed by atoms with Crippen LogP contribution in [0.2, 0.25) is 0 Å². The van der Waals surface area contributed by atoms with E-state index >= 15 is 0 Å². The van der Waals surface area contributed by atoms with Crippen molar-refractivity contribution in [1.29, 1.82) is 5.26 Å². The third kappa shape index (κ3) is 4.37. The van der Waals surface area contributed by atoms with Crippen molar-refractivity contribution in [2.24, 2.45) is 0 Å². The second-order valence-corrected chi connectivity index (χ2v) is 10.2. The number of alkyl halides is 1. The lowest BCUT2D eigenvalue weighted by atomic mass is 9.92. The lowest BCUT2D eigenvalue weighted by Gasteiger charge is -2.42. The number of nitriles is 1. The molecule has 3 amide bonds. The van der Waals surface area contributed by atoms with Gasteiger partial charge in [0.25, 0.3) is 0 Å². The topological polar surface area (TPSA) is 84.7 Å². The van der Waals surface area contributed by atoms with Crippen molar-refractivity contribution in [1.82, 2.24) is 9.80 Å². The minimum Gasteiger partial charge on any atom is -0.340 e. The van der Waals surface area contributed by atoms with E-state index in [0.29, 0.717) is 53.2 Å². The molecule has 1 fully saturated rings. The molecule has 9 heteroatoms. The number of thioether (sulfide) groups is 1. The van der Waals surface area contributed by atoms with Gasteiger partial charge in [-0.3, -0.25) is 14.5 Å². The monoisotopic (exact) mass is 504 g/mol. The Kier molecular flexibility index (Phi) is 6.79.